The first-order chi connectivity index (χ1) is 9.29. The number of Topliss-reactive ketones (excluding diaryl/α,β-unsaturated/α-hetero) is 1. The summed E-state index contributed by atoms with van der Waals surface area (Å²) in [5.41, 5.74) is 1.06. The molecule has 0 radical (unpaired) electrons. The molecule has 2 rings (SSSR count). The largest absolute Gasteiger partial charge is 0.486 e. The maximum absolute atomic E-state index is 12.0. The van der Waals surface area contributed by atoms with Crippen LogP contribution in [0.25, 0.3) is 0 Å². The predicted octanol–water partition coefficient (Wildman–Crippen LogP) is 3.36. The molecule has 1 fully saturated rings. The van der Waals surface area contributed by atoms with Crippen LogP contribution in [0.5, 0.6) is 5.75 Å². The Morgan fingerprint density at radius 3 is 2.79 bits per heavy atom. The van der Waals surface area contributed by atoms with Crippen LogP contribution in [0.3, 0.4) is 0 Å². The van der Waals surface area contributed by atoms with Crippen LogP contribution in [-0.2, 0) is 16.1 Å². The molecule has 3 heteroatoms. The van der Waals surface area contributed by atoms with Crippen molar-refractivity contribution in [2.45, 2.75) is 38.7 Å². The second-order valence-electron chi connectivity index (χ2n) is 5.17. The van der Waals surface area contributed by atoms with Gasteiger partial charge in [-0.05, 0) is 30.5 Å². The van der Waals surface area contributed by atoms with Gasteiger partial charge in [0.25, 0.3) is 0 Å². The van der Waals surface area contributed by atoms with E-state index in [-0.39, 0.29) is 18.3 Å². The van der Waals surface area contributed by atoms with E-state index in [4.69, 9.17) is 9.47 Å². The van der Waals surface area contributed by atoms with Gasteiger partial charge in [0.1, 0.15) is 12.4 Å². The third-order valence-electron chi connectivity index (χ3n) is 3.65. The normalized spacial score (nSPS) is 16.3. The van der Waals surface area contributed by atoms with E-state index >= 15 is 0 Å². The number of ether oxygens (including phenoxy) is 2. The highest BCUT2D eigenvalue weighted by Gasteiger charge is 2.21. The lowest BCUT2D eigenvalue weighted by atomic mass is 9.86. The average Bonchev–Trinajstić information content (AvgIpc) is 2.46. The number of hydrogen-bond acceptors (Lipinski definition) is 3. The van der Waals surface area contributed by atoms with Crippen LogP contribution in [0.15, 0.2) is 24.3 Å². The molecule has 0 saturated heterocycles. The first kappa shape index (κ1) is 14.1. The molecule has 1 saturated carbocycles. The van der Waals surface area contributed by atoms with Crippen molar-refractivity contribution in [2.75, 3.05) is 13.7 Å². The Kier molecular flexibility index (Phi) is 5.40. The second-order valence-corrected chi connectivity index (χ2v) is 5.17. The molecular formula is C16H22O3. The summed E-state index contributed by atoms with van der Waals surface area (Å²) in [4.78, 5) is 12.0. The highest BCUT2D eigenvalue weighted by atomic mass is 16.5. The summed E-state index contributed by atoms with van der Waals surface area (Å²) in [7, 11) is 1.67. The van der Waals surface area contributed by atoms with Crippen LogP contribution in [0.2, 0.25) is 0 Å². The quantitative estimate of drug-likeness (QED) is 0.788. The van der Waals surface area contributed by atoms with E-state index in [0.29, 0.717) is 6.61 Å². The molecule has 0 spiro atoms. The van der Waals surface area contributed by atoms with Gasteiger partial charge in [-0.15, -0.1) is 0 Å². The summed E-state index contributed by atoms with van der Waals surface area (Å²) in [6.07, 6.45) is 5.70. The summed E-state index contributed by atoms with van der Waals surface area (Å²) in [5.74, 6) is 1.21. The van der Waals surface area contributed by atoms with Gasteiger partial charge >= 0.3 is 0 Å². The van der Waals surface area contributed by atoms with Crippen molar-refractivity contribution in [2.24, 2.45) is 5.92 Å². The van der Waals surface area contributed by atoms with Gasteiger partial charge in [-0.1, -0.05) is 31.4 Å². The molecule has 1 aliphatic rings. The molecule has 1 aliphatic carbocycles. The smallest absolute Gasteiger partial charge is 0.173 e. The Balaban J connectivity index is 1.83. The Bertz CT molecular complexity index is 408. The minimum absolute atomic E-state index is 0.196. The number of hydrogen-bond donors (Lipinski definition) is 0. The predicted molar refractivity (Wildman–Crippen MR) is 74.2 cm³/mol. The van der Waals surface area contributed by atoms with Crippen LogP contribution < -0.4 is 4.74 Å². The highest BCUT2D eigenvalue weighted by molar-refractivity contribution is 5.82. The molecule has 19 heavy (non-hydrogen) atoms. The van der Waals surface area contributed by atoms with Crippen molar-refractivity contribution < 1.29 is 14.3 Å². The first-order valence-electron chi connectivity index (χ1n) is 7.03. The van der Waals surface area contributed by atoms with E-state index in [9.17, 15) is 4.79 Å². The standard InChI is InChI=1S/C16H22O3/c1-18-11-13-6-5-9-15(10-13)19-12-16(17)14-7-3-2-4-8-14/h5-6,9-10,14H,2-4,7-8,11-12H2,1H3. The Morgan fingerprint density at radius 2 is 2.05 bits per heavy atom. The molecule has 0 N–H and O–H groups in total. The van der Waals surface area contributed by atoms with E-state index in [1.807, 2.05) is 24.3 Å². The highest BCUT2D eigenvalue weighted by Crippen LogP contribution is 2.24. The molecule has 3 nitrogen and oxygen atoms in total. The van der Waals surface area contributed by atoms with E-state index in [1.165, 1.54) is 19.3 Å². The van der Waals surface area contributed by atoms with Crippen molar-refractivity contribution in [1.82, 2.24) is 0 Å². The summed E-state index contributed by atoms with van der Waals surface area (Å²) in [5, 5.41) is 0. The van der Waals surface area contributed by atoms with E-state index in [1.54, 1.807) is 7.11 Å². The van der Waals surface area contributed by atoms with Crippen molar-refractivity contribution in [3.63, 3.8) is 0 Å². The van der Waals surface area contributed by atoms with Gasteiger partial charge in [-0.25, -0.2) is 0 Å². The summed E-state index contributed by atoms with van der Waals surface area (Å²) in [6, 6.07) is 7.72. The lowest BCUT2D eigenvalue weighted by Gasteiger charge is -2.20. The Labute approximate surface area is 114 Å². The monoisotopic (exact) mass is 262 g/mol. The zero-order valence-corrected chi connectivity index (χ0v) is 11.6. The third kappa shape index (κ3) is 4.35. The SMILES string of the molecule is COCc1cccc(OCC(=O)C2CCCCC2)c1. The number of carbonyl (C=O) groups is 1. The molecule has 1 aromatic rings. The van der Waals surface area contributed by atoms with Crippen molar-refractivity contribution in [1.29, 1.82) is 0 Å². The van der Waals surface area contributed by atoms with Gasteiger partial charge in [-0.2, -0.15) is 0 Å². The topological polar surface area (TPSA) is 35.5 Å². The lowest BCUT2D eigenvalue weighted by Crippen LogP contribution is -2.23. The van der Waals surface area contributed by atoms with Gasteiger partial charge in [0.15, 0.2) is 5.78 Å². The second kappa shape index (κ2) is 7.29. The molecule has 0 unspecified atom stereocenters. The summed E-state index contributed by atoms with van der Waals surface area (Å²) in [6.45, 7) is 0.759. The van der Waals surface area contributed by atoms with E-state index < -0.39 is 0 Å². The van der Waals surface area contributed by atoms with Crippen LogP contribution in [0.1, 0.15) is 37.7 Å². The molecular weight excluding hydrogens is 240 g/mol. The molecule has 0 aliphatic heterocycles. The lowest BCUT2D eigenvalue weighted by molar-refractivity contribution is -0.125. The van der Waals surface area contributed by atoms with Crippen molar-refractivity contribution in [3.8, 4) is 5.75 Å². The summed E-state index contributed by atoms with van der Waals surface area (Å²) < 4.78 is 10.7. The van der Waals surface area contributed by atoms with Gasteiger partial charge in [0, 0.05) is 13.0 Å². The fraction of sp³-hybridized carbons (Fsp3) is 0.562. The molecule has 0 heterocycles. The zero-order chi connectivity index (χ0) is 13.5. The number of ketones is 1. The fourth-order valence-corrected chi connectivity index (χ4v) is 2.59. The zero-order valence-electron chi connectivity index (χ0n) is 11.6. The first-order valence-corrected chi connectivity index (χ1v) is 7.03. The third-order valence-corrected chi connectivity index (χ3v) is 3.65. The minimum atomic E-state index is 0.196. The van der Waals surface area contributed by atoms with Crippen molar-refractivity contribution in [3.05, 3.63) is 29.8 Å². The van der Waals surface area contributed by atoms with Gasteiger partial charge < -0.3 is 9.47 Å². The van der Waals surface area contributed by atoms with Crippen LogP contribution >= 0.6 is 0 Å². The van der Waals surface area contributed by atoms with Gasteiger partial charge in [-0.3, -0.25) is 4.79 Å². The Hall–Kier alpha value is -1.35. The van der Waals surface area contributed by atoms with Gasteiger partial charge in [0.05, 0.1) is 6.61 Å². The molecule has 0 bridgehead atoms. The maximum atomic E-state index is 12.0. The average molecular weight is 262 g/mol. The minimum Gasteiger partial charge on any atom is -0.486 e. The number of benzene rings is 1. The summed E-state index contributed by atoms with van der Waals surface area (Å²) >= 11 is 0. The maximum Gasteiger partial charge on any atom is 0.173 e. The van der Waals surface area contributed by atoms with E-state index in [2.05, 4.69) is 0 Å². The molecule has 0 amide bonds. The molecule has 104 valence electrons. The number of carbonyl (C=O) groups excluding carboxylic acids is 1. The Morgan fingerprint density at radius 1 is 1.26 bits per heavy atom. The van der Waals surface area contributed by atoms with Crippen molar-refractivity contribution >= 4 is 5.78 Å². The van der Waals surface area contributed by atoms with Gasteiger partial charge in [0.2, 0.25) is 0 Å². The van der Waals surface area contributed by atoms with Crippen LogP contribution in [0, 0.1) is 5.92 Å². The number of rotatable bonds is 6. The van der Waals surface area contributed by atoms with Crippen LogP contribution in [-0.4, -0.2) is 19.5 Å². The molecule has 0 aromatic heterocycles. The van der Waals surface area contributed by atoms with Crippen LogP contribution in [0.4, 0.5) is 0 Å². The van der Waals surface area contributed by atoms with E-state index in [0.717, 1.165) is 24.2 Å². The number of methoxy groups -OCH3 is 1. The fourth-order valence-electron chi connectivity index (χ4n) is 2.59. The molecule has 0 atom stereocenters. The molecule has 1 aromatic carbocycles.